The normalized spacial score (nSPS) is 12.0. The van der Waals surface area contributed by atoms with Crippen LogP contribution in [0, 0.1) is 12.3 Å². The second kappa shape index (κ2) is 6.38. The Morgan fingerprint density at radius 3 is 2.64 bits per heavy atom. The van der Waals surface area contributed by atoms with E-state index in [4.69, 9.17) is 16.9 Å². The molecule has 116 valence electrons. The maximum absolute atomic E-state index is 7.60. The molecule has 1 atom stereocenters. The van der Waals surface area contributed by atoms with Crippen molar-refractivity contribution in [2.24, 2.45) is 0 Å². The van der Waals surface area contributed by atoms with Gasteiger partial charge < -0.3 is 21.8 Å². The zero-order chi connectivity index (χ0) is 16.3. The van der Waals surface area contributed by atoms with Crippen LogP contribution < -0.4 is 16.4 Å². The molecule has 0 amide bonds. The van der Waals surface area contributed by atoms with Gasteiger partial charge in [0.15, 0.2) is 0 Å². The molecule has 7 heteroatoms. The molecule has 2 heterocycles. The van der Waals surface area contributed by atoms with Crippen LogP contribution in [-0.2, 0) is 0 Å². The highest BCUT2D eigenvalue weighted by Crippen LogP contribution is 2.30. The third-order valence-corrected chi connectivity index (χ3v) is 3.61. The number of anilines is 3. The van der Waals surface area contributed by atoms with Gasteiger partial charge in [-0.25, -0.2) is 15.0 Å². The first-order chi connectivity index (χ1) is 10.5. The Kier molecular flexibility index (Phi) is 4.55. The quantitative estimate of drug-likeness (QED) is 0.726. The summed E-state index contributed by atoms with van der Waals surface area (Å²) in [7, 11) is 0. The standard InChI is InChI=1S/C15H21N7/c1-4-22(9(2)11-6-5-7-19-13(11)17)15-12(8-16)14(18)20-10(3)21-15/h5-9,16H,4H2,1-3H3,(H2,17,19)(H2,18,20,21)/t9-/m0/s1. The highest BCUT2D eigenvalue weighted by molar-refractivity contribution is 5.90. The molecular formula is C15H21N7. The lowest BCUT2D eigenvalue weighted by atomic mass is 10.1. The van der Waals surface area contributed by atoms with Gasteiger partial charge in [-0.3, -0.25) is 0 Å². The zero-order valence-electron chi connectivity index (χ0n) is 13.0. The van der Waals surface area contributed by atoms with E-state index in [1.54, 1.807) is 13.1 Å². The molecule has 7 nitrogen and oxygen atoms in total. The van der Waals surface area contributed by atoms with Crippen molar-refractivity contribution in [1.29, 1.82) is 5.41 Å². The van der Waals surface area contributed by atoms with Gasteiger partial charge in [-0.15, -0.1) is 0 Å². The Balaban J connectivity index is 2.53. The molecule has 0 bridgehead atoms. The van der Waals surface area contributed by atoms with E-state index in [1.807, 2.05) is 30.9 Å². The minimum Gasteiger partial charge on any atom is -0.383 e. The van der Waals surface area contributed by atoms with Crippen LogP contribution in [0.5, 0.6) is 0 Å². The Bertz CT molecular complexity index is 684. The maximum Gasteiger partial charge on any atom is 0.143 e. The van der Waals surface area contributed by atoms with E-state index < -0.39 is 0 Å². The maximum atomic E-state index is 7.60. The molecule has 22 heavy (non-hydrogen) atoms. The van der Waals surface area contributed by atoms with Crippen molar-refractivity contribution in [1.82, 2.24) is 15.0 Å². The molecule has 0 aromatic carbocycles. The second-order valence-electron chi connectivity index (χ2n) is 4.98. The van der Waals surface area contributed by atoms with Gasteiger partial charge >= 0.3 is 0 Å². The number of hydrogen-bond acceptors (Lipinski definition) is 7. The predicted octanol–water partition coefficient (Wildman–Crippen LogP) is 1.93. The van der Waals surface area contributed by atoms with Gasteiger partial charge in [-0.1, -0.05) is 6.07 Å². The van der Waals surface area contributed by atoms with Crippen LogP contribution in [0.1, 0.15) is 36.8 Å². The number of aryl methyl sites for hydroxylation is 1. The van der Waals surface area contributed by atoms with Crippen LogP contribution in [0.25, 0.3) is 0 Å². The van der Waals surface area contributed by atoms with Crippen LogP contribution in [0.4, 0.5) is 17.5 Å². The van der Waals surface area contributed by atoms with Crippen molar-refractivity contribution in [3.8, 4) is 0 Å². The van der Waals surface area contributed by atoms with Gasteiger partial charge in [0.25, 0.3) is 0 Å². The predicted molar refractivity (Wildman–Crippen MR) is 89.2 cm³/mol. The summed E-state index contributed by atoms with van der Waals surface area (Å²) < 4.78 is 0. The minimum atomic E-state index is -0.0499. The van der Waals surface area contributed by atoms with E-state index in [9.17, 15) is 0 Å². The topological polar surface area (TPSA) is 118 Å². The number of nitrogen functional groups attached to an aromatic ring is 2. The number of aromatic nitrogens is 3. The fraction of sp³-hybridized carbons (Fsp3) is 0.333. The average Bonchev–Trinajstić information content (AvgIpc) is 2.48. The average molecular weight is 299 g/mol. The summed E-state index contributed by atoms with van der Waals surface area (Å²) in [5.41, 5.74) is 13.3. The number of nitrogens with one attached hydrogen (secondary N) is 1. The Hall–Kier alpha value is -2.70. The van der Waals surface area contributed by atoms with Gasteiger partial charge in [-0.2, -0.15) is 0 Å². The van der Waals surface area contributed by atoms with Crippen molar-refractivity contribution < 1.29 is 0 Å². The van der Waals surface area contributed by atoms with Crippen LogP contribution in [0.15, 0.2) is 18.3 Å². The Labute approximate surface area is 129 Å². The van der Waals surface area contributed by atoms with Crippen molar-refractivity contribution in [2.45, 2.75) is 26.8 Å². The van der Waals surface area contributed by atoms with Gasteiger partial charge in [0.05, 0.1) is 11.6 Å². The lowest BCUT2D eigenvalue weighted by Crippen LogP contribution is -2.30. The van der Waals surface area contributed by atoms with E-state index in [2.05, 4.69) is 15.0 Å². The van der Waals surface area contributed by atoms with Gasteiger partial charge in [0.1, 0.15) is 23.3 Å². The third-order valence-electron chi connectivity index (χ3n) is 3.61. The number of nitrogens with zero attached hydrogens (tertiary/aromatic N) is 4. The lowest BCUT2D eigenvalue weighted by molar-refractivity contribution is 0.676. The van der Waals surface area contributed by atoms with Gasteiger partial charge in [0, 0.05) is 24.5 Å². The lowest BCUT2D eigenvalue weighted by Gasteiger charge is -2.31. The minimum absolute atomic E-state index is 0.0499. The summed E-state index contributed by atoms with van der Waals surface area (Å²) >= 11 is 0. The molecule has 2 aromatic rings. The van der Waals surface area contributed by atoms with E-state index >= 15 is 0 Å². The monoisotopic (exact) mass is 299 g/mol. The number of pyridine rings is 1. The van der Waals surface area contributed by atoms with Gasteiger partial charge in [-0.05, 0) is 26.8 Å². The zero-order valence-corrected chi connectivity index (χ0v) is 13.0. The van der Waals surface area contributed by atoms with E-state index in [0.29, 0.717) is 35.4 Å². The largest absolute Gasteiger partial charge is 0.383 e. The Morgan fingerprint density at radius 2 is 2.05 bits per heavy atom. The van der Waals surface area contributed by atoms with E-state index in [0.717, 1.165) is 5.56 Å². The van der Waals surface area contributed by atoms with Crippen LogP contribution >= 0.6 is 0 Å². The van der Waals surface area contributed by atoms with Crippen LogP contribution in [0.2, 0.25) is 0 Å². The van der Waals surface area contributed by atoms with Crippen molar-refractivity contribution >= 4 is 23.7 Å². The fourth-order valence-corrected chi connectivity index (χ4v) is 2.50. The van der Waals surface area contributed by atoms with E-state index in [-0.39, 0.29) is 6.04 Å². The molecule has 0 fully saturated rings. The molecule has 0 aliphatic carbocycles. The van der Waals surface area contributed by atoms with Crippen molar-refractivity contribution in [2.75, 3.05) is 22.9 Å². The smallest absolute Gasteiger partial charge is 0.143 e. The molecule has 0 aliphatic rings. The fourth-order valence-electron chi connectivity index (χ4n) is 2.50. The molecule has 2 aromatic heterocycles. The summed E-state index contributed by atoms with van der Waals surface area (Å²) in [6, 6.07) is 3.75. The molecule has 5 N–H and O–H groups in total. The molecule has 0 saturated carbocycles. The summed E-state index contributed by atoms with van der Waals surface area (Å²) in [5.74, 6) is 2.01. The van der Waals surface area contributed by atoms with Crippen molar-refractivity contribution in [3.05, 3.63) is 35.3 Å². The van der Waals surface area contributed by atoms with Gasteiger partial charge in [0.2, 0.25) is 0 Å². The first-order valence-corrected chi connectivity index (χ1v) is 7.11. The van der Waals surface area contributed by atoms with E-state index in [1.165, 1.54) is 6.21 Å². The third kappa shape index (κ3) is 2.83. The number of rotatable bonds is 5. The second-order valence-corrected chi connectivity index (χ2v) is 4.98. The summed E-state index contributed by atoms with van der Waals surface area (Å²) in [4.78, 5) is 14.8. The SMILES string of the molecule is CCN(c1nc(C)nc(N)c1C=N)[C@@H](C)c1cccnc1N. The Morgan fingerprint density at radius 1 is 1.32 bits per heavy atom. The molecule has 2 rings (SSSR count). The molecule has 0 spiro atoms. The first-order valence-electron chi connectivity index (χ1n) is 7.11. The summed E-state index contributed by atoms with van der Waals surface area (Å²) in [6.45, 7) is 6.51. The number of nitrogens with two attached hydrogens (primary N) is 2. The molecule has 0 saturated heterocycles. The summed E-state index contributed by atoms with van der Waals surface area (Å²) in [5, 5.41) is 7.60. The van der Waals surface area contributed by atoms with Crippen LogP contribution in [-0.4, -0.2) is 27.7 Å². The molecular weight excluding hydrogens is 278 g/mol. The highest BCUT2D eigenvalue weighted by Gasteiger charge is 2.22. The first kappa shape index (κ1) is 15.7. The highest BCUT2D eigenvalue weighted by atomic mass is 15.2. The van der Waals surface area contributed by atoms with Crippen LogP contribution in [0.3, 0.4) is 0 Å². The summed E-state index contributed by atoms with van der Waals surface area (Å²) in [6.07, 6.45) is 2.85. The number of hydrogen-bond donors (Lipinski definition) is 3. The molecule has 0 radical (unpaired) electrons. The van der Waals surface area contributed by atoms with Crippen molar-refractivity contribution in [3.63, 3.8) is 0 Å². The molecule has 0 unspecified atom stereocenters. The molecule has 0 aliphatic heterocycles.